The third kappa shape index (κ3) is 5.10. The molecule has 168 valence electrons. The lowest BCUT2D eigenvalue weighted by Crippen LogP contribution is -2.15. The van der Waals surface area contributed by atoms with Crippen LogP contribution in [0, 0.1) is 20.8 Å². The van der Waals surface area contributed by atoms with Gasteiger partial charge in [-0.2, -0.15) is 0 Å². The van der Waals surface area contributed by atoms with E-state index in [9.17, 15) is 4.79 Å². The van der Waals surface area contributed by atoms with Crippen LogP contribution in [0.5, 0.6) is 0 Å². The number of thioether (sulfide) groups is 1. The maximum Gasteiger partial charge on any atom is 0.234 e. The number of amides is 1. The molecule has 0 radical (unpaired) electrons. The van der Waals surface area contributed by atoms with Crippen LogP contribution in [0.4, 0.5) is 5.69 Å². The molecule has 5 nitrogen and oxygen atoms in total. The van der Waals surface area contributed by atoms with E-state index < -0.39 is 0 Å². The number of aryl methyl sites for hydroxylation is 3. The van der Waals surface area contributed by atoms with Crippen molar-refractivity contribution in [2.45, 2.75) is 32.5 Å². The summed E-state index contributed by atoms with van der Waals surface area (Å²) in [5.74, 6) is 0.965. The van der Waals surface area contributed by atoms with Crippen molar-refractivity contribution in [3.63, 3.8) is 0 Å². The van der Waals surface area contributed by atoms with Crippen molar-refractivity contribution >= 4 is 34.7 Å². The van der Waals surface area contributed by atoms with Gasteiger partial charge in [-0.15, -0.1) is 28.1 Å². The Morgan fingerprint density at radius 1 is 1.15 bits per heavy atom. The molecule has 0 bridgehead atoms. The Hall–Kier alpha value is -3.16. The minimum atomic E-state index is -0.0697. The minimum Gasteiger partial charge on any atom is -0.325 e. The van der Waals surface area contributed by atoms with Crippen LogP contribution in [0.1, 0.15) is 16.0 Å². The first-order chi connectivity index (χ1) is 16.0. The van der Waals surface area contributed by atoms with Gasteiger partial charge >= 0.3 is 0 Å². The van der Waals surface area contributed by atoms with Gasteiger partial charge in [0, 0.05) is 33.6 Å². The predicted octanol–water partition coefficient (Wildman–Crippen LogP) is 6.52. The lowest BCUT2D eigenvalue weighted by molar-refractivity contribution is -0.113. The molecule has 0 saturated carbocycles. The summed E-state index contributed by atoms with van der Waals surface area (Å²) in [6.45, 7) is 10.6. The Morgan fingerprint density at radius 3 is 2.70 bits per heavy atom. The van der Waals surface area contributed by atoms with E-state index in [1.54, 1.807) is 11.3 Å². The molecule has 33 heavy (non-hydrogen) atoms. The van der Waals surface area contributed by atoms with Crippen LogP contribution in [0.3, 0.4) is 0 Å². The molecule has 0 saturated heterocycles. The minimum absolute atomic E-state index is 0.0697. The molecule has 0 fully saturated rings. The fraction of sp³-hybridized carbons (Fsp3) is 0.192. The highest BCUT2D eigenvalue weighted by Crippen LogP contribution is 2.39. The van der Waals surface area contributed by atoms with Crippen molar-refractivity contribution in [2.75, 3.05) is 11.1 Å². The normalized spacial score (nSPS) is 10.9. The first-order valence-electron chi connectivity index (χ1n) is 10.7. The number of aromatic nitrogens is 3. The number of nitrogens with zero attached hydrogens (tertiary/aromatic N) is 3. The molecule has 0 aliphatic rings. The second-order valence-corrected chi connectivity index (χ2v) is 9.83. The average Bonchev–Trinajstić information content (AvgIpc) is 3.38. The van der Waals surface area contributed by atoms with Gasteiger partial charge in [0.25, 0.3) is 0 Å². The summed E-state index contributed by atoms with van der Waals surface area (Å²) in [5, 5.41) is 14.8. The largest absolute Gasteiger partial charge is 0.325 e. The lowest BCUT2D eigenvalue weighted by Gasteiger charge is -2.11. The molecule has 4 aromatic rings. The lowest BCUT2D eigenvalue weighted by atomic mass is 10.0. The third-order valence-electron chi connectivity index (χ3n) is 5.31. The zero-order chi connectivity index (χ0) is 23.4. The van der Waals surface area contributed by atoms with Crippen molar-refractivity contribution in [1.29, 1.82) is 0 Å². The van der Waals surface area contributed by atoms with Gasteiger partial charge in [-0.25, -0.2) is 0 Å². The number of hydrogen-bond acceptors (Lipinski definition) is 5. The van der Waals surface area contributed by atoms with Gasteiger partial charge in [0.2, 0.25) is 5.91 Å². The number of allylic oxidation sites excluding steroid dienone is 1. The highest BCUT2D eigenvalue weighted by Gasteiger charge is 2.20. The van der Waals surface area contributed by atoms with Crippen LogP contribution in [0.2, 0.25) is 0 Å². The van der Waals surface area contributed by atoms with Gasteiger partial charge in [-0.1, -0.05) is 60.3 Å². The van der Waals surface area contributed by atoms with E-state index >= 15 is 0 Å². The highest BCUT2D eigenvalue weighted by atomic mass is 32.2. The van der Waals surface area contributed by atoms with Crippen molar-refractivity contribution in [3.8, 4) is 22.5 Å². The van der Waals surface area contributed by atoms with Gasteiger partial charge < -0.3 is 5.32 Å². The number of nitrogens with one attached hydrogen (secondary N) is 1. The van der Waals surface area contributed by atoms with E-state index in [1.807, 2.05) is 60.9 Å². The van der Waals surface area contributed by atoms with E-state index in [1.165, 1.54) is 22.2 Å². The van der Waals surface area contributed by atoms with Crippen LogP contribution in [0.25, 0.3) is 22.5 Å². The molecule has 1 amide bonds. The number of carbonyl (C=O) groups excluding carboxylic acids is 1. The maximum absolute atomic E-state index is 12.6. The molecule has 7 heteroatoms. The Bertz CT molecular complexity index is 1290. The molecular formula is C26H26N4OS2. The number of anilines is 1. The Labute approximate surface area is 202 Å². The molecule has 0 spiro atoms. The number of benzene rings is 2. The summed E-state index contributed by atoms with van der Waals surface area (Å²) < 4.78 is 2.02. The van der Waals surface area contributed by atoms with Crippen LogP contribution in [-0.4, -0.2) is 26.4 Å². The van der Waals surface area contributed by atoms with Crippen molar-refractivity contribution < 1.29 is 4.79 Å². The molecule has 0 atom stereocenters. The van der Waals surface area contributed by atoms with Gasteiger partial charge in [-0.05, 0) is 43.5 Å². The zero-order valence-corrected chi connectivity index (χ0v) is 20.6. The summed E-state index contributed by atoms with van der Waals surface area (Å²) in [6.07, 6.45) is 1.83. The topological polar surface area (TPSA) is 59.8 Å². The first kappa shape index (κ1) is 23.0. The van der Waals surface area contributed by atoms with E-state index in [0.717, 1.165) is 33.8 Å². The molecule has 0 unspecified atom stereocenters. The van der Waals surface area contributed by atoms with Gasteiger partial charge in [-0.3, -0.25) is 9.36 Å². The molecule has 2 aromatic carbocycles. The predicted molar refractivity (Wildman–Crippen MR) is 139 cm³/mol. The number of rotatable bonds is 8. The third-order valence-corrected chi connectivity index (χ3v) is 7.18. The number of carbonyl (C=O) groups is 1. The van der Waals surface area contributed by atoms with Crippen LogP contribution in [-0.2, 0) is 11.3 Å². The molecule has 0 aliphatic heterocycles. The van der Waals surface area contributed by atoms with E-state index in [4.69, 9.17) is 0 Å². The Balaban J connectivity index is 1.58. The molecule has 0 aliphatic carbocycles. The van der Waals surface area contributed by atoms with Crippen LogP contribution in [0.15, 0.2) is 71.7 Å². The first-order valence-corrected chi connectivity index (χ1v) is 12.5. The molecule has 1 N–H and O–H groups in total. The van der Waals surface area contributed by atoms with Crippen LogP contribution >= 0.6 is 23.1 Å². The fourth-order valence-electron chi connectivity index (χ4n) is 3.66. The second-order valence-electron chi connectivity index (χ2n) is 7.81. The van der Waals surface area contributed by atoms with Crippen molar-refractivity contribution in [1.82, 2.24) is 14.8 Å². The molecule has 4 rings (SSSR count). The average molecular weight is 475 g/mol. The number of thiophene rings is 1. The Morgan fingerprint density at radius 2 is 1.94 bits per heavy atom. The van der Waals surface area contributed by atoms with E-state index in [0.29, 0.717) is 11.7 Å². The Kier molecular flexibility index (Phi) is 7.11. The van der Waals surface area contributed by atoms with Crippen molar-refractivity contribution in [2.24, 2.45) is 0 Å². The van der Waals surface area contributed by atoms with Gasteiger partial charge in [0.15, 0.2) is 11.0 Å². The molecule has 2 heterocycles. The van der Waals surface area contributed by atoms with Gasteiger partial charge in [0.1, 0.15) is 0 Å². The molecule has 2 aromatic heterocycles. The summed E-state index contributed by atoms with van der Waals surface area (Å²) in [7, 11) is 0. The quantitative estimate of drug-likeness (QED) is 0.233. The standard InChI is InChI=1S/C26H26N4OS2/c1-5-13-30-25(21-15-32-19(4)24(21)20-9-7-6-8-10-20)28-29-26(30)33-16-23(31)27-22-14-17(2)11-12-18(22)3/h5-12,14-15H,1,13,16H2,2-4H3,(H,27,31). The maximum atomic E-state index is 12.6. The van der Waals surface area contributed by atoms with E-state index in [2.05, 4.69) is 46.5 Å². The summed E-state index contributed by atoms with van der Waals surface area (Å²) in [6, 6.07) is 16.4. The van der Waals surface area contributed by atoms with Gasteiger partial charge in [0.05, 0.1) is 5.75 Å². The SMILES string of the molecule is C=CCn1c(SCC(=O)Nc2cc(C)ccc2C)nnc1-c1csc(C)c1-c1ccccc1. The fourth-order valence-corrected chi connectivity index (χ4v) is 5.27. The summed E-state index contributed by atoms with van der Waals surface area (Å²) in [4.78, 5) is 13.9. The summed E-state index contributed by atoms with van der Waals surface area (Å²) in [5.41, 5.74) is 6.36. The van der Waals surface area contributed by atoms with Crippen molar-refractivity contribution in [3.05, 3.63) is 82.6 Å². The summed E-state index contributed by atoms with van der Waals surface area (Å²) >= 11 is 3.08. The monoisotopic (exact) mass is 474 g/mol. The smallest absolute Gasteiger partial charge is 0.234 e. The zero-order valence-electron chi connectivity index (χ0n) is 19.0. The molecular weight excluding hydrogens is 448 g/mol. The highest BCUT2D eigenvalue weighted by molar-refractivity contribution is 7.99. The number of hydrogen-bond donors (Lipinski definition) is 1. The van der Waals surface area contributed by atoms with E-state index in [-0.39, 0.29) is 11.7 Å². The second kappa shape index (κ2) is 10.2. The van der Waals surface area contributed by atoms with Crippen LogP contribution < -0.4 is 5.32 Å².